The van der Waals surface area contributed by atoms with Gasteiger partial charge in [-0.2, -0.15) is 0 Å². The van der Waals surface area contributed by atoms with E-state index in [-0.39, 0.29) is 5.82 Å². The smallest absolute Gasteiger partial charge is 0.165 e. The summed E-state index contributed by atoms with van der Waals surface area (Å²) >= 11 is 0. The maximum absolute atomic E-state index is 13.4. The maximum atomic E-state index is 13.4. The Kier molecular flexibility index (Phi) is 6.24. The number of nitrogens with one attached hydrogen (secondary N) is 1. The van der Waals surface area contributed by atoms with Crippen LogP contribution in [0.15, 0.2) is 24.3 Å². The monoisotopic (exact) mass is 281 g/mol. The Hall–Kier alpha value is -1.17. The summed E-state index contributed by atoms with van der Waals surface area (Å²) in [6, 6.07) is 6.54. The molecule has 0 saturated carbocycles. The molecule has 1 heterocycles. The number of likely N-dealkylation sites (N-methyl/N-ethyl adjacent to an activating group) is 1. The van der Waals surface area contributed by atoms with Crippen LogP contribution in [0.25, 0.3) is 0 Å². The summed E-state index contributed by atoms with van der Waals surface area (Å²) in [5.74, 6) is 0.0407. The summed E-state index contributed by atoms with van der Waals surface area (Å²) in [5.41, 5.74) is 0. The first-order chi connectivity index (χ1) is 9.75. The van der Waals surface area contributed by atoms with Gasteiger partial charge in [0.1, 0.15) is 6.61 Å². The summed E-state index contributed by atoms with van der Waals surface area (Å²) in [6.07, 6.45) is 0. The first kappa shape index (κ1) is 15.2. The normalized spacial score (nSPS) is 16.6. The van der Waals surface area contributed by atoms with E-state index in [1.165, 1.54) is 6.07 Å². The molecule has 1 N–H and O–H groups in total. The Bertz CT molecular complexity index is 396. The fourth-order valence-electron chi connectivity index (χ4n) is 2.23. The molecule has 4 nitrogen and oxygen atoms in total. The second kappa shape index (κ2) is 8.19. The number of ether oxygens (including phenoxy) is 1. The molecule has 0 radical (unpaired) electrons. The zero-order chi connectivity index (χ0) is 14.2. The van der Waals surface area contributed by atoms with Gasteiger partial charge in [-0.05, 0) is 19.2 Å². The van der Waals surface area contributed by atoms with Gasteiger partial charge in [0.2, 0.25) is 0 Å². The summed E-state index contributed by atoms with van der Waals surface area (Å²) in [6.45, 7) is 7.83. The first-order valence-corrected chi connectivity index (χ1v) is 7.24. The molecule has 0 aliphatic carbocycles. The van der Waals surface area contributed by atoms with Crippen LogP contribution in [0, 0.1) is 5.82 Å². The van der Waals surface area contributed by atoms with Crippen LogP contribution in [0.4, 0.5) is 4.39 Å². The Labute approximate surface area is 120 Å². The lowest BCUT2D eigenvalue weighted by molar-refractivity contribution is 0.185. The van der Waals surface area contributed by atoms with Crippen molar-refractivity contribution in [2.45, 2.75) is 0 Å². The van der Waals surface area contributed by atoms with E-state index >= 15 is 0 Å². The SMILES string of the molecule is CN(CCOc1ccccc1F)CCN1CCNCC1. The van der Waals surface area contributed by atoms with Gasteiger partial charge in [0.15, 0.2) is 11.6 Å². The van der Waals surface area contributed by atoms with E-state index in [4.69, 9.17) is 4.74 Å². The second-order valence-corrected chi connectivity index (χ2v) is 5.17. The molecular weight excluding hydrogens is 257 g/mol. The predicted octanol–water partition coefficient (Wildman–Crippen LogP) is 1.04. The summed E-state index contributed by atoms with van der Waals surface area (Å²) in [4.78, 5) is 4.69. The van der Waals surface area contributed by atoms with Crippen LogP contribution >= 0.6 is 0 Å². The van der Waals surface area contributed by atoms with Gasteiger partial charge < -0.3 is 15.0 Å². The van der Waals surface area contributed by atoms with Gasteiger partial charge in [-0.1, -0.05) is 12.1 Å². The van der Waals surface area contributed by atoms with Crippen molar-refractivity contribution in [2.75, 3.05) is 59.5 Å². The average Bonchev–Trinajstić information content (AvgIpc) is 2.48. The highest BCUT2D eigenvalue weighted by Gasteiger charge is 2.10. The number of hydrogen-bond donors (Lipinski definition) is 1. The van der Waals surface area contributed by atoms with Crippen molar-refractivity contribution < 1.29 is 9.13 Å². The van der Waals surface area contributed by atoms with E-state index in [2.05, 4.69) is 22.2 Å². The maximum Gasteiger partial charge on any atom is 0.165 e. The topological polar surface area (TPSA) is 27.7 Å². The number of rotatable bonds is 7. The summed E-state index contributed by atoms with van der Waals surface area (Å²) < 4.78 is 18.8. The number of nitrogens with zero attached hydrogens (tertiary/aromatic N) is 2. The number of halogens is 1. The van der Waals surface area contributed by atoms with Crippen molar-refractivity contribution in [1.29, 1.82) is 0 Å². The van der Waals surface area contributed by atoms with Crippen LogP contribution in [0.3, 0.4) is 0 Å². The van der Waals surface area contributed by atoms with Gasteiger partial charge in [0.05, 0.1) is 0 Å². The molecule has 1 aliphatic rings. The zero-order valence-corrected chi connectivity index (χ0v) is 12.1. The molecule has 20 heavy (non-hydrogen) atoms. The van der Waals surface area contributed by atoms with Crippen LogP contribution in [0.1, 0.15) is 0 Å². The molecule has 1 saturated heterocycles. The van der Waals surface area contributed by atoms with Crippen molar-refractivity contribution in [3.05, 3.63) is 30.1 Å². The van der Waals surface area contributed by atoms with Crippen molar-refractivity contribution in [1.82, 2.24) is 15.1 Å². The highest BCUT2D eigenvalue weighted by molar-refractivity contribution is 5.23. The molecule has 0 spiro atoms. The van der Waals surface area contributed by atoms with Gasteiger partial charge in [-0.15, -0.1) is 0 Å². The molecule has 1 aromatic rings. The first-order valence-electron chi connectivity index (χ1n) is 7.24. The number of hydrogen-bond acceptors (Lipinski definition) is 4. The third kappa shape index (κ3) is 5.07. The lowest BCUT2D eigenvalue weighted by atomic mass is 10.3. The van der Waals surface area contributed by atoms with Gasteiger partial charge in [0.25, 0.3) is 0 Å². The lowest BCUT2D eigenvalue weighted by Gasteiger charge is -2.29. The fourth-order valence-corrected chi connectivity index (χ4v) is 2.23. The van der Waals surface area contributed by atoms with Crippen LogP contribution in [0.5, 0.6) is 5.75 Å². The van der Waals surface area contributed by atoms with E-state index in [1.807, 2.05) is 0 Å². The van der Waals surface area contributed by atoms with Crippen LogP contribution in [-0.4, -0.2) is 69.3 Å². The fraction of sp³-hybridized carbons (Fsp3) is 0.600. The Morgan fingerprint density at radius 2 is 2.00 bits per heavy atom. The van der Waals surface area contributed by atoms with Gasteiger partial charge in [-0.3, -0.25) is 4.90 Å². The molecule has 2 rings (SSSR count). The summed E-state index contributed by atoms with van der Waals surface area (Å²) in [7, 11) is 2.08. The predicted molar refractivity (Wildman–Crippen MR) is 78.7 cm³/mol. The molecule has 1 fully saturated rings. The van der Waals surface area contributed by atoms with Gasteiger partial charge >= 0.3 is 0 Å². The molecule has 1 aliphatic heterocycles. The minimum Gasteiger partial charge on any atom is -0.489 e. The molecule has 0 atom stereocenters. The van der Waals surface area contributed by atoms with Crippen LogP contribution < -0.4 is 10.1 Å². The lowest BCUT2D eigenvalue weighted by Crippen LogP contribution is -2.46. The van der Waals surface area contributed by atoms with Gasteiger partial charge in [-0.25, -0.2) is 4.39 Å². The zero-order valence-electron chi connectivity index (χ0n) is 12.1. The van der Waals surface area contributed by atoms with Crippen molar-refractivity contribution in [2.24, 2.45) is 0 Å². The standard InChI is InChI=1S/C15H24FN3O/c1-18(10-11-19-8-6-17-7-9-19)12-13-20-15-5-3-2-4-14(15)16/h2-5,17H,6-13H2,1H3. The van der Waals surface area contributed by atoms with Gasteiger partial charge in [0, 0.05) is 45.8 Å². The van der Waals surface area contributed by atoms with E-state index in [1.54, 1.807) is 18.2 Å². The molecule has 112 valence electrons. The van der Waals surface area contributed by atoms with E-state index in [0.717, 1.165) is 45.8 Å². The minimum atomic E-state index is -0.295. The second-order valence-electron chi connectivity index (χ2n) is 5.17. The van der Waals surface area contributed by atoms with Crippen LogP contribution in [-0.2, 0) is 0 Å². The van der Waals surface area contributed by atoms with Crippen molar-refractivity contribution in [3.8, 4) is 5.75 Å². The highest BCUT2D eigenvalue weighted by atomic mass is 19.1. The minimum absolute atomic E-state index is 0.295. The molecular formula is C15H24FN3O. The molecule has 5 heteroatoms. The quantitative estimate of drug-likeness (QED) is 0.808. The average molecular weight is 281 g/mol. The van der Waals surface area contributed by atoms with E-state index < -0.39 is 0 Å². The molecule has 0 unspecified atom stereocenters. The van der Waals surface area contributed by atoms with Crippen molar-refractivity contribution >= 4 is 0 Å². The molecule has 0 amide bonds. The number of piperazine rings is 1. The Morgan fingerprint density at radius 3 is 2.75 bits per heavy atom. The molecule has 0 aromatic heterocycles. The summed E-state index contributed by atoms with van der Waals surface area (Å²) in [5, 5.41) is 3.35. The number of benzene rings is 1. The highest BCUT2D eigenvalue weighted by Crippen LogP contribution is 2.14. The third-order valence-electron chi connectivity index (χ3n) is 3.57. The van der Waals surface area contributed by atoms with Crippen LogP contribution in [0.2, 0.25) is 0 Å². The number of para-hydroxylation sites is 1. The Balaban J connectivity index is 1.60. The third-order valence-corrected chi connectivity index (χ3v) is 3.57. The largest absolute Gasteiger partial charge is 0.489 e. The Morgan fingerprint density at radius 1 is 1.25 bits per heavy atom. The van der Waals surface area contributed by atoms with Crippen molar-refractivity contribution in [3.63, 3.8) is 0 Å². The molecule has 1 aromatic carbocycles. The molecule has 0 bridgehead atoms. The van der Waals surface area contributed by atoms with E-state index in [9.17, 15) is 4.39 Å². The van der Waals surface area contributed by atoms with E-state index in [0.29, 0.717) is 12.4 Å².